The van der Waals surface area contributed by atoms with Crippen LogP contribution in [0.3, 0.4) is 0 Å². The number of anilines is 1. The number of hydrogen-bond acceptors (Lipinski definition) is 4. The van der Waals surface area contributed by atoms with Crippen LogP contribution in [0.1, 0.15) is 12.5 Å². The summed E-state index contributed by atoms with van der Waals surface area (Å²) in [5.74, 6) is 0.723. The maximum absolute atomic E-state index is 4.25. The summed E-state index contributed by atoms with van der Waals surface area (Å²) in [5.41, 5.74) is 2.15. The third-order valence-electron chi connectivity index (χ3n) is 3.04. The lowest BCUT2D eigenvalue weighted by atomic mass is 10.3. The molecule has 0 fully saturated rings. The lowest BCUT2D eigenvalue weighted by molar-refractivity contribution is 0.659. The fourth-order valence-corrected chi connectivity index (χ4v) is 1.98. The standard InChI is InChI=1S/C14H16N6/c1-2-19-10-12(9-17-19)8-15-14-18-16-11-20(14)13-6-4-3-5-7-13/h3-7,9-11H,2,8H2,1H3,(H,15,18). The maximum atomic E-state index is 4.25. The van der Waals surface area contributed by atoms with Gasteiger partial charge in [-0.25, -0.2) is 0 Å². The first-order chi connectivity index (χ1) is 9.86. The monoisotopic (exact) mass is 268 g/mol. The van der Waals surface area contributed by atoms with Gasteiger partial charge in [0.25, 0.3) is 0 Å². The van der Waals surface area contributed by atoms with Crippen molar-refractivity contribution in [3.05, 3.63) is 54.6 Å². The Morgan fingerprint density at radius 1 is 1.20 bits per heavy atom. The zero-order chi connectivity index (χ0) is 13.8. The second kappa shape index (κ2) is 5.56. The molecule has 0 unspecified atom stereocenters. The second-order valence-electron chi connectivity index (χ2n) is 4.42. The Morgan fingerprint density at radius 2 is 2.05 bits per heavy atom. The number of aromatic nitrogens is 5. The molecule has 1 aromatic carbocycles. The number of aryl methyl sites for hydroxylation is 1. The molecule has 0 bridgehead atoms. The van der Waals surface area contributed by atoms with Crippen LogP contribution in [0.4, 0.5) is 5.95 Å². The van der Waals surface area contributed by atoms with Crippen LogP contribution in [0.5, 0.6) is 0 Å². The van der Waals surface area contributed by atoms with Crippen LogP contribution in [0, 0.1) is 0 Å². The zero-order valence-corrected chi connectivity index (χ0v) is 11.3. The SMILES string of the molecule is CCn1cc(CNc2nncn2-c2ccccc2)cn1. The van der Waals surface area contributed by atoms with E-state index in [4.69, 9.17) is 0 Å². The molecule has 0 aliphatic rings. The van der Waals surface area contributed by atoms with Crippen LogP contribution in [-0.4, -0.2) is 24.5 Å². The molecule has 0 saturated heterocycles. The summed E-state index contributed by atoms with van der Waals surface area (Å²) in [6.45, 7) is 3.61. The Bertz CT molecular complexity index is 670. The molecule has 6 heteroatoms. The van der Waals surface area contributed by atoms with Gasteiger partial charge in [0.05, 0.1) is 11.9 Å². The zero-order valence-electron chi connectivity index (χ0n) is 11.3. The van der Waals surface area contributed by atoms with E-state index in [0.717, 1.165) is 23.7 Å². The van der Waals surface area contributed by atoms with Gasteiger partial charge in [-0.05, 0) is 19.1 Å². The lowest BCUT2D eigenvalue weighted by Gasteiger charge is -2.07. The largest absolute Gasteiger partial charge is 0.350 e. The minimum atomic E-state index is 0.672. The molecule has 20 heavy (non-hydrogen) atoms. The fourth-order valence-electron chi connectivity index (χ4n) is 1.98. The molecule has 102 valence electrons. The molecule has 1 N–H and O–H groups in total. The molecular formula is C14H16N6. The van der Waals surface area contributed by atoms with E-state index >= 15 is 0 Å². The molecule has 0 atom stereocenters. The molecule has 0 spiro atoms. The van der Waals surface area contributed by atoms with Crippen molar-refractivity contribution in [3.8, 4) is 5.69 Å². The van der Waals surface area contributed by atoms with Gasteiger partial charge in [-0.1, -0.05) is 18.2 Å². The molecule has 3 aromatic rings. The van der Waals surface area contributed by atoms with Gasteiger partial charge in [-0.2, -0.15) is 5.10 Å². The van der Waals surface area contributed by atoms with E-state index in [-0.39, 0.29) is 0 Å². The summed E-state index contributed by atoms with van der Waals surface area (Å²) in [5, 5.41) is 15.6. The number of nitrogens with one attached hydrogen (secondary N) is 1. The highest BCUT2D eigenvalue weighted by Gasteiger charge is 2.06. The van der Waals surface area contributed by atoms with Gasteiger partial charge in [0.2, 0.25) is 5.95 Å². The third-order valence-corrected chi connectivity index (χ3v) is 3.04. The molecule has 2 heterocycles. The molecule has 3 rings (SSSR count). The minimum Gasteiger partial charge on any atom is -0.350 e. The molecule has 0 aliphatic heterocycles. The van der Waals surface area contributed by atoms with Crippen molar-refractivity contribution in [2.45, 2.75) is 20.0 Å². The number of rotatable bonds is 5. The summed E-state index contributed by atoms with van der Waals surface area (Å²) in [4.78, 5) is 0. The first-order valence-corrected chi connectivity index (χ1v) is 6.57. The Morgan fingerprint density at radius 3 is 2.80 bits per heavy atom. The summed E-state index contributed by atoms with van der Waals surface area (Å²) in [6.07, 6.45) is 5.59. The smallest absolute Gasteiger partial charge is 0.229 e. The number of nitrogens with zero attached hydrogens (tertiary/aromatic N) is 5. The van der Waals surface area contributed by atoms with Crippen molar-refractivity contribution >= 4 is 5.95 Å². The summed E-state index contributed by atoms with van der Waals surface area (Å²) in [6, 6.07) is 10.0. The van der Waals surface area contributed by atoms with Crippen LogP contribution >= 0.6 is 0 Å². The molecule has 0 radical (unpaired) electrons. The fraction of sp³-hybridized carbons (Fsp3) is 0.214. The minimum absolute atomic E-state index is 0.672. The Kier molecular flexibility index (Phi) is 3.45. The molecule has 0 amide bonds. The second-order valence-corrected chi connectivity index (χ2v) is 4.42. The van der Waals surface area contributed by atoms with Gasteiger partial charge in [-0.3, -0.25) is 9.25 Å². The normalized spacial score (nSPS) is 10.7. The molecule has 0 saturated carbocycles. The molecular weight excluding hydrogens is 252 g/mol. The summed E-state index contributed by atoms with van der Waals surface area (Å²) >= 11 is 0. The first-order valence-electron chi connectivity index (χ1n) is 6.57. The van der Waals surface area contributed by atoms with Crippen molar-refractivity contribution in [3.63, 3.8) is 0 Å². The lowest BCUT2D eigenvalue weighted by Crippen LogP contribution is -2.05. The average Bonchev–Trinajstić information content (AvgIpc) is 3.15. The first kappa shape index (κ1) is 12.4. The van der Waals surface area contributed by atoms with Crippen molar-refractivity contribution in [2.75, 3.05) is 5.32 Å². The topological polar surface area (TPSA) is 60.6 Å². The Balaban J connectivity index is 1.74. The number of benzene rings is 1. The molecule has 0 aliphatic carbocycles. The van der Waals surface area contributed by atoms with Crippen LogP contribution in [0.2, 0.25) is 0 Å². The van der Waals surface area contributed by atoms with Crippen LogP contribution in [-0.2, 0) is 13.1 Å². The van der Waals surface area contributed by atoms with Gasteiger partial charge >= 0.3 is 0 Å². The van der Waals surface area contributed by atoms with E-state index < -0.39 is 0 Å². The van der Waals surface area contributed by atoms with Gasteiger partial charge in [0, 0.05) is 24.8 Å². The number of hydrogen-bond donors (Lipinski definition) is 1. The average molecular weight is 268 g/mol. The summed E-state index contributed by atoms with van der Waals surface area (Å²) in [7, 11) is 0. The van der Waals surface area contributed by atoms with Crippen molar-refractivity contribution in [1.29, 1.82) is 0 Å². The van der Waals surface area contributed by atoms with E-state index in [1.807, 2.05) is 52.0 Å². The Hall–Kier alpha value is -2.63. The van der Waals surface area contributed by atoms with E-state index in [1.165, 1.54) is 0 Å². The maximum Gasteiger partial charge on any atom is 0.229 e. The van der Waals surface area contributed by atoms with Gasteiger partial charge < -0.3 is 5.32 Å². The van der Waals surface area contributed by atoms with Gasteiger partial charge in [0.15, 0.2) is 0 Å². The van der Waals surface area contributed by atoms with Gasteiger partial charge in [-0.15, -0.1) is 10.2 Å². The van der Waals surface area contributed by atoms with E-state index in [1.54, 1.807) is 6.33 Å². The van der Waals surface area contributed by atoms with Gasteiger partial charge in [0.1, 0.15) is 6.33 Å². The summed E-state index contributed by atoms with van der Waals surface area (Å²) < 4.78 is 3.82. The quantitative estimate of drug-likeness (QED) is 0.769. The van der Waals surface area contributed by atoms with Crippen molar-refractivity contribution < 1.29 is 0 Å². The molecule has 2 aromatic heterocycles. The van der Waals surface area contributed by atoms with Crippen LogP contribution in [0.15, 0.2) is 49.1 Å². The predicted molar refractivity (Wildman–Crippen MR) is 76.6 cm³/mol. The van der Waals surface area contributed by atoms with Crippen molar-refractivity contribution in [2.24, 2.45) is 0 Å². The van der Waals surface area contributed by atoms with Crippen LogP contribution < -0.4 is 5.32 Å². The highest BCUT2D eigenvalue weighted by Crippen LogP contribution is 2.13. The number of para-hydroxylation sites is 1. The van der Waals surface area contributed by atoms with Crippen LogP contribution in [0.25, 0.3) is 5.69 Å². The Labute approximate surface area is 117 Å². The highest BCUT2D eigenvalue weighted by molar-refractivity contribution is 5.40. The van der Waals surface area contributed by atoms with E-state index in [2.05, 4.69) is 27.5 Å². The predicted octanol–water partition coefficient (Wildman–Crippen LogP) is 2.10. The third kappa shape index (κ3) is 2.54. The molecule has 6 nitrogen and oxygen atoms in total. The van der Waals surface area contributed by atoms with E-state index in [0.29, 0.717) is 6.54 Å². The van der Waals surface area contributed by atoms with E-state index in [9.17, 15) is 0 Å². The highest BCUT2D eigenvalue weighted by atomic mass is 15.3. The van der Waals surface area contributed by atoms with Crippen molar-refractivity contribution in [1.82, 2.24) is 24.5 Å².